The van der Waals surface area contributed by atoms with Gasteiger partial charge in [0.15, 0.2) is 0 Å². The molecule has 0 bridgehead atoms. The minimum absolute atomic E-state index is 0.125. The lowest BCUT2D eigenvalue weighted by molar-refractivity contribution is 0.194. The number of para-hydroxylation sites is 2. The van der Waals surface area contributed by atoms with Crippen molar-refractivity contribution in [2.75, 3.05) is 12.4 Å². The summed E-state index contributed by atoms with van der Waals surface area (Å²) in [6.45, 7) is 2.74. The van der Waals surface area contributed by atoms with Crippen LogP contribution in [0.4, 0.5) is 10.5 Å². The van der Waals surface area contributed by atoms with E-state index in [0.717, 1.165) is 30.5 Å². The lowest BCUT2D eigenvalue weighted by atomic mass is 9.95. The van der Waals surface area contributed by atoms with E-state index in [4.69, 9.17) is 4.74 Å². The van der Waals surface area contributed by atoms with Gasteiger partial charge >= 0.3 is 6.03 Å². The number of nitrogens with one attached hydrogen (secondary N) is 1. The van der Waals surface area contributed by atoms with Gasteiger partial charge in [0.25, 0.3) is 0 Å². The molecule has 5 nitrogen and oxygen atoms in total. The predicted octanol–water partition coefficient (Wildman–Crippen LogP) is 7.13. The highest BCUT2D eigenvalue weighted by Gasteiger charge is 2.36. The van der Waals surface area contributed by atoms with Crippen molar-refractivity contribution in [3.05, 3.63) is 99.7 Å². The van der Waals surface area contributed by atoms with E-state index in [0.29, 0.717) is 18.0 Å². The Bertz CT molecular complexity index is 1400. The van der Waals surface area contributed by atoms with Crippen LogP contribution in [0.2, 0.25) is 0 Å². The highest BCUT2D eigenvalue weighted by molar-refractivity contribution is 7.15. The van der Waals surface area contributed by atoms with E-state index in [2.05, 4.69) is 59.4 Å². The fourth-order valence-corrected chi connectivity index (χ4v) is 7.01. The number of benzene rings is 2. The van der Waals surface area contributed by atoms with Gasteiger partial charge in [-0.1, -0.05) is 43.3 Å². The van der Waals surface area contributed by atoms with Crippen LogP contribution < -0.4 is 10.1 Å². The minimum atomic E-state index is -0.209. The predicted molar refractivity (Wildman–Crippen MR) is 146 cm³/mol. The van der Waals surface area contributed by atoms with E-state index in [1.807, 2.05) is 40.5 Å². The second-order valence-electron chi connectivity index (χ2n) is 9.55. The first-order valence-corrected chi connectivity index (χ1v) is 13.6. The molecule has 2 aromatic heterocycles. The summed E-state index contributed by atoms with van der Waals surface area (Å²) in [4.78, 5) is 17.6. The largest absolute Gasteiger partial charge is 0.495 e. The maximum absolute atomic E-state index is 14.1. The number of hydrogen-bond acceptors (Lipinski definition) is 3. The van der Waals surface area contributed by atoms with Crippen LogP contribution in [0.5, 0.6) is 5.75 Å². The zero-order chi connectivity index (χ0) is 24.6. The van der Waals surface area contributed by atoms with Gasteiger partial charge in [-0.3, -0.25) is 0 Å². The van der Waals surface area contributed by atoms with Crippen LogP contribution >= 0.6 is 11.3 Å². The molecule has 2 aromatic carbocycles. The zero-order valence-corrected chi connectivity index (χ0v) is 21.6. The Labute approximate surface area is 216 Å². The summed E-state index contributed by atoms with van der Waals surface area (Å²) in [7, 11) is 1.63. The highest BCUT2D eigenvalue weighted by Crippen LogP contribution is 2.44. The van der Waals surface area contributed by atoms with Crippen LogP contribution in [-0.2, 0) is 25.8 Å². The third-order valence-electron chi connectivity index (χ3n) is 7.49. The molecule has 1 N–H and O–H groups in total. The van der Waals surface area contributed by atoms with Crippen molar-refractivity contribution in [1.82, 2.24) is 9.47 Å². The quantitative estimate of drug-likeness (QED) is 0.326. The number of nitrogens with zero attached hydrogens (tertiary/aromatic N) is 2. The minimum Gasteiger partial charge on any atom is -0.495 e. The molecule has 2 aliphatic rings. The number of amides is 2. The van der Waals surface area contributed by atoms with Gasteiger partial charge in [-0.25, -0.2) is 4.79 Å². The molecular formula is C30H31N3O2S. The highest BCUT2D eigenvalue weighted by atomic mass is 32.1. The van der Waals surface area contributed by atoms with Crippen LogP contribution in [-0.4, -0.2) is 22.6 Å². The second kappa shape index (κ2) is 9.51. The number of aromatic nitrogens is 1. The van der Waals surface area contributed by atoms with E-state index < -0.39 is 0 Å². The monoisotopic (exact) mass is 497 g/mol. The number of anilines is 1. The number of carbonyl (C=O) groups is 1. The summed E-state index contributed by atoms with van der Waals surface area (Å²) in [5.41, 5.74) is 6.96. The topological polar surface area (TPSA) is 46.5 Å². The lowest BCUT2D eigenvalue weighted by Crippen LogP contribution is -2.38. The van der Waals surface area contributed by atoms with Gasteiger partial charge in [-0.2, -0.15) is 0 Å². The standard InChI is InChI=1S/C30H31N3O2S/c1-3-20-14-16-21(17-15-20)28-25-11-8-18-32(25)29-23(22-9-4-7-13-27(22)36-29)19-33(28)30(34)31-24-10-5-6-12-26(24)35-2/h5-6,8,10-12,14-18,28H,3-4,7,9,13,19H2,1-2H3,(H,31,34)/t28-/m1/s1. The molecule has 6 heteroatoms. The van der Waals surface area contributed by atoms with E-state index in [-0.39, 0.29) is 12.1 Å². The lowest BCUT2D eigenvalue weighted by Gasteiger charge is -2.31. The number of fused-ring (bicyclic) bond motifs is 5. The van der Waals surface area contributed by atoms with Gasteiger partial charge in [0.2, 0.25) is 0 Å². The number of thiophene rings is 1. The fraction of sp³-hybridized carbons (Fsp3) is 0.300. The number of urea groups is 1. The summed E-state index contributed by atoms with van der Waals surface area (Å²) < 4.78 is 7.85. The van der Waals surface area contributed by atoms with Crippen LogP contribution in [0.15, 0.2) is 66.9 Å². The smallest absolute Gasteiger partial charge is 0.323 e. The Morgan fingerprint density at radius 1 is 1.03 bits per heavy atom. The Hall–Kier alpha value is -3.51. The van der Waals surface area contributed by atoms with E-state index in [1.165, 1.54) is 39.4 Å². The number of ether oxygens (including phenoxy) is 1. The molecule has 0 saturated carbocycles. The van der Waals surface area contributed by atoms with Gasteiger partial charge in [0.05, 0.1) is 31.1 Å². The maximum Gasteiger partial charge on any atom is 0.323 e. The van der Waals surface area contributed by atoms with Crippen molar-refractivity contribution < 1.29 is 9.53 Å². The van der Waals surface area contributed by atoms with Gasteiger partial charge in [-0.15, -0.1) is 11.3 Å². The summed E-state index contributed by atoms with van der Waals surface area (Å²) in [5.74, 6) is 0.654. The molecule has 0 spiro atoms. The Balaban J connectivity index is 1.49. The Kier molecular flexibility index (Phi) is 6.05. The average molecular weight is 498 g/mol. The van der Waals surface area contributed by atoms with E-state index >= 15 is 0 Å². The number of aryl methyl sites for hydroxylation is 2. The van der Waals surface area contributed by atoms with Crippen molar-refractivity contribution in [3.8, 4) is 10.8 Å². The first-order chi connectivity index (χ1) is 17.7. The average Bonchev–Trinajstić information content (AvgIpc) is 3.51. The first-order valence-electron chi connectivity index (χ1n) is 12.8. The van der Waals surface area contributed by atoms with Crippen molar-refractivity contribution in [1.29, 1.82) is 0 Å². The van der Waals surface area contributed by atoms with Crippen molar-refractivity contribution in [2.45, 2.75) is 51.6 Å². The van der Waals surface area contributed by atoms with E-state index in [9.17, 15) is 4.79 Å². The van der Waals surface area contributed by atoms with Gasteiger partial charge in [0, 0.05) is 16.6 Å². The van der Waals surface area contributed by atoms with Crippen LogP contribution in [0.25, 0.3) is 5.00 Å². The third-order valence-corrected chi connectivity index (χ3v) is 8.83. The van der Waals surface area contributed by atoms with Crippen LogP contribution in [0.3, 0.4) is 0 Å². The second-order valence-corrected chi connectivity index (χ2v) is 10.6. The molecule has 184 valence electrons. The van der Waals surface area contributed by atoms with Crippen LogP contribution in [0.1, 0.15) is 58.6 Å². The number of rotatable bonds is 4. The Morgan fingerprint density at radius 3 is 2.64 bits per heavy atom. The zero-order valence-electron chi connectivity index (χ0n) is 20.8. The molecule has 0 radical (unpaired) electrons. The molecule has 3 heterocycles. The number of carbonyl (C=O) groups excluding carboxylic acids is 1. The van der Waals surface area contributed by atoms with Crippen molar-refractivity contribution in [3.63, 3.8) is 0 Å². The molecule has 0 fully saturated rings. The summed E-state index contributed by atoms with van der Waals surface area (Å²) in [6, 6.07) is 20.2. The molecule has 1 atom stereocenters. The molecule has 6 rings (SSSR count). The molecule has 1 aliphatic heterocycles. The number of hydrogen-bond donors (Lipinski definition) is 1. The number of methoxy groups -OCH3 is 1. The van der Waals surface area contributed by atoms with E-state index in [1.54, 1.807) is 7.11 Å². The summed E-state index contributed by atoms with van der Waals surface area (Å²) >= 11 is 1.91. The molecule has 1 aliphatic carbocycles. The first kappa shape index (κ1) is 22.9. The van der Waals surface area contributed by atoms with Gasteiger partial charge < -0.3 is 19.5 Å². The Morgan fingerprint density at radius 2 is 1.83 bits per heavy atom. The van der Waals surface area contributed by atoms with Gasteiger partial charge in [-0.05, 0) is 73.1 Å². The molecule has 0 saturated heterocycles. The summed E-state index contributed by atoms with van der Waals surface area (Å²) in [6.07, 6.45) is 7.84. The SMILES string of the molecule is CCc1ccc([C@@H]2c3cccn3-c3sc4c(c3CN2C(=O)Nc2ccccc2OC)CCCC4)cc1. The van der Waals surface area contributed by atoms with Crippen molar-refractivity contribution >= 4 is 23.1 Å². The normalized spacial score (nSPS) is 16.5. The van der Waals surface area contributed by atoms with Crippen molar-refractivity contribution in [2.24, 2.45) is 0 Å². The molecule has 2 amide bonds. The van der Waals surface area contributed by atoms with Gasteiger partial charge in [0.1, 0.15) is 10.8 Å². The summed E-state index contributed by atoms with van der Waals surface area (Å²) in [5, 5.41) is 4.43. The maximum atomic E-state index is 14.1. The molecular weight excluding hydrogens is 466 g/mol. The third kappa shape index (κ3) is 3.90. The molecule has 4 aromatic rings. The molecule has 0 unspecified atom stereocenters. The molecule has 36 heavy (non-hydrogen) atoms. The van der Waals surface area contributed by atoms with Crippen LogP contribution in [0, 0.1) is 0 Å². The fourth-order valence-electron chi connectivity index (χ4n) is 5.61.